The third-order valence-electron chi connectivity index (χ3n) is 2.67. The van der Waals surface area contributed by atoms with Crippen molar-refractivity contribution in [2.45, 2.75) is 0 Å². The Kier molecular flexibility index (Phi) is 2.84. The number of aliphatic carboxylic acids is 1. The summed E-state index contributed by atoms with van der Waals surface area (Å²) in [6.07, 6.45) is 0. The number of benzene rings is 1. The van der Waals surface area contributed by atoms with E-state index in [0.717, 1.165) is 10.2 Å². The van der Waals surface area contributed by atoms with E-state index in [9.17, 15) is 4.79 Å². The predicted octanol–water partition coefficient (Wildman–Crippen LogP) is 1.84. The Morgan fingerprint density at radius 3 is 2.81 bits per heavy atom. The number of anilines is 1. The third kappa shape index (κ3) is 1.76. The highest BCUT2D eigenvalue weighted by Crippen LogP contribution is 2.31. The normalized spacial score (nSPS) is 15.4. The van der Waals surface area contributed by atoms with Gasteiger partial charge in [0.05, 0.1) is 17.2 Å². The van der Waals surface area contributed by atoms with E-state index in [1.165, 1.54) is 0 Å². The number of hydrogen-bond donors (Lipinski definition) is 1. The Morgan fingerprint density at radius 1 is 1.56 bits per heavy atom. The van der Waals surface area contributed by atoms with Crippen LogP contribution in [0.2, 0.25) is 0 Å². The molecule has 0 aromatic heterocycles. The lowest BCUT2D eigenvalue weighted by atomic mass is 9.98. The molecule has 1 heterocycles. The van der Waals surface area contributed by atoms with Crippen LogP contribution in [0.3, 0.4) is 0 Å². The van der Waals surface area contributed by atoms with E-state index < -0.39 is 5.97 Å². The molecule has 16 heavy (non-hydrogen) atoms. The molecule has 1 aliphatic heterocycles. The Bertz CT molecular complexity index is 475. The molecule has 0 radical (unpaired) electrons. The minimum absolute atomic E-state index is 0.314. The number of nitriles is 1. The molecular weight excluding hydrogens is 272 g/mol. The molecule has 1 aromatic carbocycles. The molecule has 0 saturated carbocycles. The van der Waals surface area contributed by atoms with Crippen LogP contribution in [0.15, 0.2) is 22.7 Å². The quantitative estimate of drug-likeness (QED) is 0.898. The van der Waals surface area contributed by atoms with E-state index in [1.807, 2.05) is 17.0 Å². The molecule has 0 atom stereocenters. The van der Waals surface area contributed by atoms with E-state index in [4.69, 9.17) is 10.4 Å². The molecule has 2 rings (SSSR count). The number of nitrogens with zero attached hydrogens (tertiary/aromatic N) is 2. The van der Waals surface area contributed by atoms with Crippen LogP contribution in [-0.4, -0.2) is 24.2 Å². The Hall–Kier alpha value is -1.54. The predicted molar refractivity (Wildman–Crippen MR) is 62.2 cm³/mol. The zero-order chi connectivity index (χ0) is 11.7. The van der Waals surface area contributed by atoms with Crippen molar-refractivity contribution in [1.29, 1.82) is 5.26 Å². The molecule has 0 bridgehead atoms. The van der Waals surface area contributed by atoms with Gasteiger partial charge in [-0.05, 0) is 28.1 Å². The highest BCUT2D eigenvalue weighted by Gasteiger charge is 2.33. The van der Waals surface area contributed by atoms with Crippen LogP contribution in [-0.2, 0) is 4.79 Å². The lowest BCUT2D eigenvalue weighted by molar-refractivity contribution is -0.142. The summed E-state index contributed by atoms with van der Waals surface area (Å²) in [6, 6.07) is 7.60. The molecule has 0 aliphatic carbocycles. The first-order chi connectivity index (χ1) is 7.63. The van der Waals surface area contributed by atoms with Gasteiger partial charge < -0.3 is 10.0 Å². The standard InChI is InChI=1S/C11H9BrN2O2/c12-9-2-1-3-10(8(9)4-13)14-5-7(6-14)11(15)16/h1-3,7H,5-6H2,(H,15,16). The molecular formula is C11H9BrN2O2. The largest absolute Gasteiger partial charge is 0.481 e. The fourth-order valence-electron chi connectivity index (χ4n) is 1.72. The van der Waals surface area contributed by atoms with Gasteiger partial charge in [-0.25, -0.2) is 0 Å². The van der Waals surface area contributed by atoms with E-state index in [1.54, 1.807) is 6.07 Å². The highest BCUT2D eigenvalue weighted by molar-refractivity contribution is 9.10. The van der Waals surface area contributed by atoms with Crippen LogP contribution in [0.25, 0.3) is 0 Å². The molecule has 82 valence electrons. The number of carbonyl (C=O) groups is 1. The van der Waals surface area contributed by atoms with Gasteiger partial charge >= 0.3 is 5.97 Å². The lowest BCUT2D eigenvalue weighted by Gasteiger charge is -2.39. The molecule has 1 aromatic rings. The van der Waals surface area contributed by atoms with Gasteiger partial charge in [0.15, 0.2) is 0 Å². The molecule has 1 fully saturated rings. The topological polar surface area (TPSA) is 64.3 Å². The molecule has 1 N–H and O–H groups in total. The first kappa shape index (κ1) is 11.0. The fraction of sp³-hybridized carbons (Fsp3) is 0.273. The fourth-order valence-corrected chi connectivity index (χ4v) is 2.16. The van der Waals surface area contributed by atoms with Crippen molar-refractivity contribution in [2.75, 3.05) is 18.0 Å². The van der Waals surface area contributed by atoms with Crippen molar-refractivity contribution in [1.82, 2.24) is 0 Å². The molecule has 0 unspecified atom stereocenters. The summed E-state index contributed by atoms with van der Waals surface area (Å²) in [6.45, 7) is 0.945. The van der Waals surface area contributed by atoms with Gasteiger partial charge in [-0.15, -0.1) is 0 Å². The van der Waals surface area contributed by atoms with Crippen molar-refractivity contribution < 1.29 is 9.90 Å². The Labute approximate surface area is 101 Å². The summed E-state index contributed by atoms with van der Waals surface area (Å²) in [5.41, 5.74) is 1.36. The molecule has 4 nitrogen and oxygen atoms in total. The van der Waals surface area contributed by atoms with Crippen molar-refractivity contribution >= 4 is 27.6 Å². The van der Waals surface area contributed by atoms with Crippen LogP contribution in [0.1, 0.15) is 5.56 Å². The highest BCUT2D eigenvalue weighted by atomic mass is 79.9. The molecule has 0 amide bonds. The smallest absolute Gasteiger partial charge is 0.310 e. The molecule has 1 aliphatic rings. The summed E-state index contributed by atoms with van der Waals surface area (Å²) in [5, 5.41) is 17.8. The Morgan fingerprint density at radius 2 is 2.25 bits per heavy atom. The van der Waals surface area contributed by atoms with Crippen molar-refractivity contribution in [3.63, 3.8) is 0 Å². The number of carboxylic acid groups (broad SMARTS) is 1. The lowest BCUT2D eigenvalue weighted by Crippen LogP contribution is -2.50. The van der Waals surface area contributed by atoms with Gasteiger partial charge in [-0.2, -0.15) is 5.26 Å². The second kappa shape index (κ2) is 4.14. The van der Waals surface area contributed by atoms with Crippen LogP contribution in [0.5, 0.6) is 0 Å². The van der Waals surface area contributed by atoms with Crippen LogP contribution in [0, 0.1) is 17.2 Å². The van der Waals surface area contributed by atoms with Crippen LogP contribution >= 0.6 is 15.9 Å². The van der Waals surface area contributed by atoms with E-state index >= 15 is 0 Å². The monoisotopic (exact) mass is 280 g/mol. The van der Waals surface area contributed by atoms with Crippen molar-refractivity contribution in [3.05, 3.63) is 28.2 Å². The van der Waals surface area contributed by atoms with Gasteiger partial charge in [0, 0.05) is 17.6 Å². The minimum atomic E-state index is -0.773. The second-order valence-electron chi connectivity index (χ2n) is 3.69. The third-order valence-corrected chi connectivity index (χ3v) is 3.34. The van der Waals surface area contributed by atoms with Gasteiger partial charge in [-0.3, -0.25) is 4.79 Å². The molecule has 5 heteroatoms. The summed E-state index contributed by atoms with van der Waals surface area (Å²) in [7, 11) is 0. The van der Waals surface area contributed by atoms with Crippen LogP contribution < -0.4 is 4.90 Å². The zero-order valence-electron chi connectivity index (χ0n) is 8.35. The Balaban J connectivity index is 2.21. The number of carboxylic acids is 1. The molecule has 0 spiro atoms. The van der Waals surface area contributed by atoms with Gasteiger partial charge in [0.2, 0.25) is 0 Å². The van der Waals surface area contributed by atoms with Gasteiger partial charge in [0.1, 0.15) is 6.07 Å². The minimum Gasteiger partial charge on any atom is -0.481 e. The van der Waals surface area contributed by atoms with E-state index in [-0.39, 0.29) is 5.92 Å². The number of halogens is 1. The van der Waals surface area contributed by atoms with Gasteiger partial charge in [-0.1, -0.05) is 6.07 Å². The average Bonchev–Trinajstić information content (AvgIpc) is 2.15. The van der Waals surface area contributed by atoms with Gasteiger partial charge in [0.25, 0.3) is 0 Å². The van der Waals surface area contributed by atoms with Crippen molar-refractivity contribution in [2.24, 2.45) is 5.92 Å². The summed E-state index contributed by atoms with van der Waals surface area (Å²) < 4.78 is 0.742. The maximum absolute atomic E-state index is 10.7. The van der Waals surface area contributed by atoms with Crippen molar-refractivity contribution in [3.8, 4) is 6.07 Å². The molecule has 1 saturated heterocycles. The second-order valence-corrected chi connectivity index (χ2v) is 4.54. The SMILES string of the molecule is N#Cc1c(Br)cccc1N1CC(C(=O)O)C1. The maximum Gasteiger partial charge on any atom is 0.310 e. The van der Waals surface area contributed by atoms with E-state index in [0.29, 0.717) is 18.7 Å². The number of hydrogen-bond acceptors (Lipinski definition) is 3. The summed E-state index contributed by atoms with van der Waals surface area (Å²) >= 11 is 3.31. The summed E-state index contributed by atoms with van der Waals surface area (Å²) in [4.78, 5) is 12.6. The maximum atomic E-state index is 10.7. The summed E-state index contributed by atoms with van der Waals surface area (Å²) in [5.74, 6) is -1.09. The average molecular weight is 281 g/mol. The van der Waals surface area contributed by atoms with E-state index in [2.05, 4.69) is 22.0 Å². The first-order valence-corrected chi connectivity index (χ1v) is 5.59. The number of rotatable bonds is 2. The zero-order valence-corrected chi connectivity index (χ0v) is 9.94. The van der Waals surface area contributed by atoms with Crippen LogP contribution in [0.4, 0.5) is 5.69 Å². The first-order valence-electron chi connectivity index (χ1n) is 4.80.